The van der Waals surface area contributed by atoms with Gasteiger partial charge in [-0.1, -0.05) is 48.5 Å². The van der Waals surface area contributed by atoms with Crippen LogP contribution in [0.5, 0.6) is 0 Å². The van der Waals surface area contributed by atoms with E-state index in [1.54, 1.807) is 10.9 Å². The SMILES string of the molecule is Cc1cc(C(=O)COC(=O)c2cn(-c3ccccc3)nc2-c2ccccc2)c(C)n1C. The van der Waals surface area contributed by atoms with Gasteiger partial charge in [-0.25, -0.2) is 9.48 Å². The summed E-state index contributed by atoms with van der Waals surface area (Å²) in [5, 5.41) is 4.61. The third-order valence-electron chi connectivity index (χ3n) is 5.41. The highest BCUT2D eigenvalue weighted by atomic mass is 16.5. The minimum Gasteiger partial charge on any atom is -0.454 e. The van der Waals surface area contributed by atoms with Gasteiger partial charge in [-0.05, 0) is 32.0 Å². The standard InChI is InChI=1S/C25H23N3O3/c1-17-14-21(18(2)27(17)3)23(29)16-31-25(30)22-15-28(20-12-8-5-9-13-20)26-24(22)19-10-6-4-7-11-19/h4-15H,16H2,1-3H3. The molecule has 0 saturated carbocycles. The Morgan fingerprint density at radius 1 is 0.935 bits per heavy atom. The number of ketones is 1. The van der Waals surface area contributed by atoms with Crippen LogP contribution in [0.3, 0.4) is 0 Å². The van der Waals surface area contributed by atoms with Crippen LogP contribution < -0.4 is 0 Å². The monoisotopic (exact) mass is 413 g/mol. The number of carbonyl (C=O) groups excluding carboxylic acids is 2. The van der Waals surface area contributed by atoms with Crippen molar-refractivity contribution in [1.29, 1.82) is 0 Å². The summed E-state index contributed by atoms with van der Waals surface area (Å²) in [6, 6.07) is 20.8. The fourth-order valence-electron chi connectivity index (χ4n) is 3.47. The Morgan fingerprint density at radius 3 is 2.19 bits per heavy atom. The van der Waals surface area contributed by atoms with Crippen LogP contribution in [0.25, 0.3) is 16.9 Å². The molecule has 0 fully saturated rings. The van der Waals surface area contributed by atoms with Gasteiger partial charge in [0.1, 0.15) is 11.3 Å². The Balaban J connectivity index is 1.61. The second-order valence-electron chi connectivity index (χ2n) is 7.38. The van der Waals surface area contributed by atoms with Crippen LogP contribution >= 0.6 is 0 Å². The lowest BCUT2D eigenvalue weighted by Gasteiger charge is -2.05. The minimum absolute atomic E-state index is 0.230. The van der Waals surface area contributed by atoms with Crippen molar-refractivity contribution in [2.24, 2.45) is 7.05 Å². The maximum absolute atomic E-state index is 12.9. The van der Waals surface area contributed by atoms with Crippen LogP contribution in [0.15, 0.2) is 72.9 Å². The summed E-state index contributed by atoms with van der Waals surface area (Å²) in [5.41, 5.74) is 4.83. The highest BCUT2D eigenvalue weighted by Gasteiger charge is 2.22. The van der Waals surface area contributed by atoms with Gasteiger partial charge < -0.3 is 9.30 Å². The Kier molecular flexibility index (Phi) is 5.54. The second-order valence-corrected chi connectivity index (χ2v) is 7.38. The van der Waals surface area contributed by atoms with E-state index in [0.29, 0.717) is 16.8 Å². The molecule has 0 saturated heterocycles. The summed E-state index contributed by atoms with van der Waals surface area (Å²) in [6.07, 6.45) is 1.64. The van der Waals surface area contributed by atoms with Crippen LogP contribution in [0, 0.1) is 13.8 Å². The number of nitrogens with zero attached hydrogens (tertiary/aromatic N) is 3. The molecule has 31 heavy (non-hydrogen) atoms. The highest BCUT2D eigenvalue weighted by Crippen LogP contribution is 2.24. The van der Waals surface area contributed by atoms with Crippen molar-refractivity contribution in [3.8, 4) is 16.9 Å². The Morgan fingerprint density at radius 2 is 1.58 bits per heavy atom. The van der Waals surface area contributed by atoms with E-state index in [2.05, 4.69) is 5.10 Å². The Labute approximate surface area is 180 Å². The van der Waals surface area contributed by atoms with E-state index in [1.165, 1.54) is 0 Å². The first kappa shape index (κ1) is 20.3. The third kappa shape index (κ3) is 4.05. The van der Waals surface area contributed by atoms with E-state index in [-0.39, 0.29) is 12.4 Å². The van der Waals surface area contributed by atoms with Crippen molar-refractivity contribution >= 4 is 11.8 Å². The number of hydrogen-bond donors (Lipinski definition) is 0. The van der Waals surface area contributed by atoms with E-state index < -0.39 is 5.97 Å². The van der Waals surface area contributed by atoms with Crippen molar-refractivity contribution < 1.29 is 14.3 Å². The van der Waals surface area contributed by atoms with Crippen LogP contribution in [0.1, 0.15) is 32.1 Å². The average molecular weight is 413 g/mol. The van der Waals surface area contributed by atoms with Gasteiger partial charge >= 0.3 is 5.97 Å². The number of aromatic nitrogens is 3. The first-order chi connectivity index (χ1) is 15.0. The van der Waals surface area contributed by atoms with E-state index in [9.17, 15) is 9.59 Å². The first-order valence-electron chi connectivity index (χ1n) is 9.99. The predicted octanol–water partition coefficient (Wildman–Crippen LogP) is 4.53. The van der Waals surface area contributed by atoms with Gasteiger partial charge in [0.2, 0.25) is 5.78 Å². The maximum atomic E-state index is 12.9. The molecule has 0 spiro atoms. The van der Waals surface area contributed by atoms with Crippen LogP contribution in [0.2, 0.25) is 0 Å². The smallest absolute Gasteiger partial charge is 0.342 e. The van der Waals surface area contributed by atoms with Crippen LogP contribution in [0.4, 0.5) is 0 Å². The molecule has 4 aromatic rings. The molecule has 0 atom stereocenters. The molecule has 6 heteroatoms. The van der Waals surface area contributed by atoms with E-state index in [0.717, 1.165) is 22.6 Å². The molecule has 0 aliphatic heterocycles. The van der Waals surface area contributed by atoms with Gasteiger partial charge in [0.05, 0.1) is 5.69 Å². The van der Waals surface area contributed by atoms with Crippen molar-refractivity contribution in [2.45, 2.75) is 13.8 Å². The molecule has 0 bridgehead atoms. The number of para-hydroxylation sites is 1. The largest absolute Gasteiger partial charge is 0.454 e. The lowest BCUT2D eigenvalue weighted by Crippen LogP contribution is -2.15. The first-order valence-corrected chi connectivity index (χ1v) is 9.99. The molecule has 0 N–H and O–H groups in total. The number of carbonyl (C=O) groups is 2. The van der Waals surface area contributed by atoms with Crippen LogP contribution in [-0.2, 0) is 11.8 Å². The number of benzene rings is 2. The van der Waals surface area contributed by atoms with Gasteiger partial charge in [0.25, 0.3) is 0 Å². The fraction of sp³-hybridized carbons (Fsp3) is 0.160. The zero-order valence-corrected chi connectivity index (χ0v) is 17.7. The predicted molar refractivity (Wildman–Crippen MR) is 119 cm³/mol. The topological polar surface area (TPSA) is 66.1 Å². The molecule has 6 nitrogen and oxygen atoms in total. The molecule has 156 valence electrons. The highest BCUT2D eigenvalue weighted by molar-refractivity contribution is 6.01. The summed E-state index contributed by atoms with van der Waals surface area (Å²) in [7, 11) is 1.90. The summed E-state index contributed by atoms with van der Waals surface area (Å²) >= 11 is 0. The zero-order valence-electron chi connectivity index (χ0n) is 17.7. The van der Waals surface area contributed by atoms with Gasteiger partial charge in [0, 0.05) is 35.8 Å². The lowest BCUT2D eigenvalue weighted by atomic mass is 10.1. The molecule has 0 radical (unpaired) electrons. The molecule has 2 heterocycles. The molecule has 0 amide bonds. The molecular weight excluding hydrogens is 390 g/mol. The van der Waals surface area contributed by atoms with Gasteiger partial charge in [-0.15, -0.1) is 0 Å². The maximum Gasteiger partial charge on any atom is 0.342 e. The van der Waals surface area contributed by atoms with Gasteiger partial charge in [-0.3, -0.25) is 4.79 Å². The summed E-state index contributed by atoms with van der Waals surface area (Å²) in [6.45, 7) is 3.48. The Hall–Kier alpha value is -3.93. The second kappa shape index (κ2) is 8.44. The molecule has 0 aliphatic carbocycles. The number of rotatable bonds is 6. The number of Topliss-reactive ketones (excluding diaryl/α,β-unsaturated/α-hetero) is 1. The van der Waals surface area contributed by atoms with Gasteiger partial charge in [-0.2, -0.15) is 5.10 Å². The quantitative estimate of drug-likeness (QED) is 0.344. The number of esters is 1. The molecule has 2 aromatic heterocycles. The lowest BCUT2D eigenvalue weighted by molar-refractivity contribution is 0.0475. The molecule has 0 unspecified atom stereocenters. The molecule has 2 aromatic carbocycles. The third-order valence-corrected chi connectivity index (χ3v) is 5.41. The summed E-state index contributed by atoms with van der Waals surface area (Å²) in [4.78, 5) is 25.6. The van der Waals surface area contributed by atoms with Crippen molar-refractivity contribution in [2.75, 3.05) is 6.61 Å². The number of hydrogen-bond acceptors (Lipinski definition) is 4. The van der Waals surface area contributed by atoms with E-state index >= 15 is 0 Å². The average Bonchev–Trinajstić information content (AvgIpc) is 3.36. The summed E-state index contributed by atoms with van der Waals surface area (Å²) < 4.78 is 8.99. The van der Waals surface area contributed by atoms with Crippen molar-refractivity contribution in [3.05, 3.63) is 95.4 Å². The zero-order chi connectivity index (χ0) is 22.0. The molecule has 4 rings (SSSR count). The Bertz CT molecular complexity index is 1240. The molecule has 0 aliphatic rings. The van der Waals surface area contributed by atoms with Gasteiger partial charge in [0.15, 0.2) is 6.61 Å². The molecular formula is C25H23N3O3. The van der Waals surface area contributed by atoms with E-state index in [4.69, 9.17) is 4.74 Å². The van der Waals surface area contributed by atoms with E-state index in [1.807, 2.05) is 92.2 Å². The van der Waals surface area contributed by atoms with Crippen molar-refractivity contribution in [3.63, 3.8) is 0 Å². The van der Waals surface area contributed by atoms with Crippen molar-refractivity contribution in [1.82, 2.24) is 14.3 Å². The number of aryl methyl sites for hydroxylation is 1. The normalized spacial score (nSPS) is 10.8. The van der Waals surface area contributed by atoms with Crippen LogP contribution in [-0.4, -0.2) is 32.7 Å². The number of ether oxygens (including phenoxy) is 1. The minimum atomic E-state index is -0.584. The fourth-order valence-corrected chi connectivity index (χ4v) is 3.47. The summed E-state index contributed by atoms with van der Waals surface area (Å²) in [5.74, 6) is -0.814.